The van der Waals surface area contributed by atoms with Gasteiger partial charge in [0.25, 0.3) is 0 Å². The molecular weight excluding hydrogens is 278 g/mol. The fourth-order valence-corrected chi connectivity index (χ4v) is 1.71. The van der Waals surface area contributed by atoms with Crippen molar-refractivity contribution < 1.29 is 4.74 Å². The van der Waals surface area contributed by atoms with Crippen LogP contribution < -0.4 is 16.2 Å². The summed E-state index contributed by atoms with van der Waals surface area (Å²) in [5.74, 6) is 0.636. The van der Waals surface area contributed by atoms with E-state index in [9.17, 15) is 0 Å². The van der Waals surface area contributed by atoms with Crippen LogP contribution >= 0.6 is 0 Å². The highest BCUT2D eigenvalue weighted by molar-refractivity contribution is 5.81. The van der Waals surface area contributed by atoms with E-state index in [1.165, 1.54) is 0 Å². The maximum Gasteiger partial charge on any atom is 0.211 e. The third-order valence-corrected chi connectivity index (χ3v) is 2.72. The summed E-state index contributed by atoms with van der Waals surface area (Å²) < 4.78 is 5.67. The summed E-state index contributed by atoms with van der Waals surface area (Å²) in [5, 5.41) is 16.1. The van der Waals surface area contributed by atoms with Gasteiger partial charge in [0.2, 0.25) is 5.96 Å². The van der Waals surface area contributed by atoms with E-state index in [1.54, 1.807) is 18.3 Å². The topological polar surface area (TPSA) is 110 Å². The molecule has 0 spiro atoms. The molecule has 0 saturated carbocycles. The highest BCUT2D eigenvalue weighted by atomic mass is 16.5. The summed E-state index contributed by atoms with van der Waals surface area (Å²) >= 11 is 0. The van der Waals surface area contributed by atoms with Crippen LogP contribution in [0.15, 0.2) is 58.7 Å². The Hall–Kier alpha value is -3.33. The molecule has 4 N–H and O–H groups in total. The molecule has 0 aliphatic carbocycles. The molecule has 2 aromatic carbocycles. The lowest BCUT2D eigenvalue weighted by molar-refractivity contribution is 0.306. The molecule has 0 atom stereocenters. The maximum atomic E-state index is 8.85. The van der Waals surface area contributed by atoms with Crippen LogP contribution in [-0.4, -0.2) is 12.2 Å². The number of nitrogens with two attached hydrogens (primary N) is 2. The molecule has 0 saturated heterocycles. The van der Waals surface area contributed by atoms with Crippen LogP contribution in [0.2, 0.25) is 0 Å². The minimum Gasteiger partial charge on any atom is -0.489 e. The zero-order chi connectivity index (χ0) is 15.8. The van der Waals surface area contributed by atoms with Gasteiger partial charge in [-0.3, -0.25) is 0 Å². The Morgan fingerprint density at radius 2 is 1.95 bits per heavy atom. The van der Waals surface area contributed by atoms with Crippen LogP contribution in [-0.2, 0) is 6.61 Å². The second-order valence-electron chi connectivity index (χ2n) is 4.44. The van der Waals surface area contributed by atoms with Gasteiger partial charge < -0.3 is 16.2 Å². The molecule has 0 aromatic heterocycles. The number of hydrogen-bond donors (Lipinski definition) is 2. The minimum absolute atomic E-state index is 0.0872. The summed E-state index contributed by atoms with van der Waals surface area (Å²) in [6.45, 7) is 0.400. The fourth-order valence-electron chi connectivity index (χ4n) is 1.71. The molecule has 110 valence electrons. The smallest absolute Gasteiger partial charge is 0.211 e. The van der Waals surface area contributed by atoms with E-state index in [-0.39, 0.29) is 5.96 Å². The lowest BCUT2D eigenvalue weighted by Crippen LogP contribution is -2.21. The van der Waals surface area contributed by atoms with Crippen LogP contribution in [0.5, 0.6) is 5.75 Å². The number of nitrogens with zero attached hydrogens (tertiary/aromatic N) is 3. The molecule has 0 amide bonds. The molecule has 0 radical (unpaired) electrons. The van der Waals surface area contributed by atoms with E-state index in [4.69, 9.17) is 21.5 Å². The predicted molar refractivity (Wildman–Crippen MR) is 85.3 cm³/mol. The number of benzene rings is 2. The average molecular weight is 293 g/mol. The predicted octanol–water partition coefficient (Wildman–Crippen LogP) is 1.74. The van der Waals surface area contributed by atoms with Crippen molar-refractivity contribution >= 4 is 12.2 Å². The summed E-state index contributed by atoms with van der Waals surface area (Å²) in [7, 11) is 0. The number of guanidine groups is 1. The van der Waals surface area contributed by atoms with Gasteiger partial charge in [-0.05, 0) is 47.5 Å². The number of nitriles is 1. The van der Waals surface area contributed by atoms with E-state index in [2.05, 4.69) is 16.3 Å². The molecule has 0 unspecified atom stereocenters. The summed E-state index contributed by atoms with van der Waals surface area (Å²) in [5.41, 5.74) is 12.8. The van der Waals surface area contributed by atoms with Crippen molar-refractivity contribution in [2.24, 2.45) is 21.7 Å². The lowest BCUT2D eigenvalue weighted by Gasteiger charge is -2.06. The van der Waals surface area contributed by atoms with Gasteiger partial charge in [-0.2, -0.15) is 10.4 Å². The monoisotopic (exact) mass is 293 g/mol. The summed E-state index contributed by atoms with van der Waals surface area (Å²) in [6, 6.07) is 16.7. The quantitative estimate of drug-likeness (QED) is 0.497. The van der Waals surface area contributed by atoms with Crippen LogP contribution in [0.1, 0.15) is 16.7 Å². The molecular formula is C16H15N5O. The van der Waals surface area contributed by atoms with Crippen LogP contribution in [0.3, 0.4) is 0 Å². The molecule has 2 aromatic rings. The van der Waals surface area contributed by atoms with E-state index >= 15 is 0 Å². The number of ether oxygens (including phenoxy) is 1. The number of rotatable bonds is 5. The first-order valence-corrected chi connectivity index (χ1v) is 6.51. The van der Waals surface area contributed by atoms with Crippen molar-refractivity contribution in [1.29, 1.82) is 5.26 Å². The van der Waals surface area contributed by atoms with Crippen molar-refractivity contribution in [3.8, 4) is 11.8 Å². The zero-order valence-electron chi connectivity index (χ0n) is 11.8. The average Bonchev–Trinajstić information content (AvgIpc) is 2.54. The van der Waals surface area contributed by atoms with Gasteiger partial charge in [-0.15, -0.1) is 5.10 Å². The lowest BCUT2D eigenvalue weighted by atomic mass is 10.1. The van der Waals surface area contributed by atoms with Gasteiger partial charge in [0.15, 0.2) is 0 Å². The molecule has 6 heteroatoms. The first-order chi connectivity index (χ1) is 10.7. The van der Waals surface area contributed by atoms with Crippen LogP contribution in [0.4, 0.5) is 0 Å². The van der Waals surface area contributed by atoms with Crippen molar-refractivity contribution in [3.05, 3.63) is 65.2 Å². The van der Waals surface area contributed by atoms with E-state index < -0.39 is 0 Å². The fraction of sp³-hybridized carbons (Fsp3) is 0.0625. The standard InChI is InChI=1S/C16H15N5O/c17-9-13-2-1-3-14(8-13)11-22-15-6-4-12(5-7-15)10-20-21-16(18)19/h1-8,10H,11H2,(H4,18,19,21). The van der Waals surface area contributed by atoms with Crippen molar-refractivity contribution in [2.45, 2.75) is 6.61 Å². The third-order valence-electron chi connectivity index (χ3n) is 2.72. The molecule has 22 heavy (non-hydrogen) atoms. The highest BCUT2D eigenvalue weighted by Crippen LogP contribution is 2.14. The van der Waals surface area contributed by atoms with E-state index in [0.717, 1.165) is 16.9 Å². The Labute approximate surface area is 128 Å². The maximum absolute atomic E-state index is 8.85. The van der Waals surface area contributed by atoms with Gasteiger partial charge in [0.05, 0.1) is 17.8 Å². The summed E-state index contributed by atoms with van der Waals surface area (Å²) in [4.78, 5) is 0. The van der Waals surface area contributed by atoms with Gasteiger partial charge in [-0.25, -0.2) is 0 Å². The van der Waals surface area contributed by atoms with Crippen molar-refractivity contribution in [3.63, 3.8) is 0 Å². The highest BCUT2D eigenvalue weighted by Gasteiger charge is 1.98. The Bertz CT molecular complexity index is 725. The molecule has 6 nitrogen and oxygen atoms in total. The second-order valence-corrected chi connectivity index (χ2v) is 4.44. The SMILES string of the molecule is N#Cc1cccc(COc2ccc(C=NN=C(N)N)cc2)c1. The second kappa shape index (κ2) is 7.45. The Kier molecular flexibility index (Phi) is 5.10. The number of hydrogen-bond acceptors (Lipinski definition) is 4. The van der Waals surface area contributed by atoms with E-state index in [0.29, 0.717) is 12.2 Å². The van der Waals surface area contributed by atoms with Gasteiger partial charge in [-0.1, -0.05) is 12.1 Å². The molecule has 0 bridgehead atoms. The Morgan fingerprint density at radius 3 is 2.64 bits per heavy atom. The molecule has 0 heterocycles. The Morgan fingerprint density at radius 1 is 1.18 bits per heavy atom. The first kappa shape index (κ1) is 15.1. The zero-order valence-corrected chi connectivity index (χ0v) is 11.8. The first-order valence-electron chi connectivity index (χ1n) is 6.51. The molecule has 0 fully saturated rings. The third kappa shape index (κ3) is 4.65. The molecule has 0 aliphatic rings. The van der Waals surface area contributed by atoms with Crippen molar-refractivity contribution in [1.82, 2.24) is 0 Å². The molecule has 2 rings (SSSR count). The normalized spacial score (nSPS) is 10.1. The van der Waals surface area contributed by atoms with Crippen LogP contribution in [0, 0.1) is 11.3 Å². The summed E-state index contributed by atoms with van der Waals surface area (Å²) in [6.07, 6.45) is 1.54. The van der Waals surface area contributed by atoms with E-state index in [1.807, 2.05) is 36.4 Å². The largest absolute Gasteiger partial charge is 0.489 e. The van der Waals surface area contributed by atoms with Gasteiger partial charge >= 0.3 is 0 Å². The minimum atomic E-state index is -0.0872. The van der Waals surface area contributed by atoms with Gasteiger partial charge in [0.1, 0.15) is 12.4 Å². The van der Waals surface area contributed by atoms with Crippen molar-refractivity contribution in [2.75, 3.05) is 0 Å². The van der Waals surface area contributed by atoms with Gasteiger partial charge in [0, 0.05) is 0 Å². The molecule has 0 aliphatic heterocycles. The van der Waals surface area contributed by atoms with Crippen LogP contribution in [0.25, 0.3) is 0 Å². The Balaban J connectivity index is 1.95.